The van der Waals surface area contributed by atoms with Gasteiger partial charge in [-0.25, -0.2) is 4.39 Å². The van der Waals surface area contributed by atoms with Gasteiger partial charge in [0.05, 0.1) is 11.0 Å². The van der Waals surface area contributed by atoms with Crippen molar-refractivity contribution in [3.8, 4) is 0 Å². The van der Waals surface area contributed by atoms with E-state index in [0.29, 0.717) is 12.8 Å². The van der Waals surface area contributed by atoms with Gasteiger partial charge in [0.15, 0.2) is 0 Å². The monoisotopic (exact) mass is 271 g/mol. The van der Waals surface area contributed by atoms with Crippen LogP contribution in [0.5, 0.6) is 0 Å². The number of aliphatic carboxylic acids is 1. The molecule has 2 N–H and O–H groups in total. The van der Waals surface area contributed by atoms with Crippen molar-refractivity contribution in [2.75, 3.05) is 6.54 Å². The van der Waals surface area contributed by atoms with Crippen LogP contribution in [0.3, 0.4) is 0 Å². The van der Waals surface area contributed by atoms with Crippen LogP contribution in [0.4, 0.5) is 4.39 Å². The molecule has 6 heteroatoms. The summed E-state index contributed by atoms with van der Waals surface area (Å²) < 4.78 is 13.4. The van der Waals surface area contributed by atoms with E-state index in [2.05, 4.69) is 5.32 Å². The summed E-state index contributed by atoms with van der Waals surface area (Å²) in [5, 5.41) is 11.6. The van der Waals surface area contributed by atoms with Crippen LogP contribution in [-0.4, -0.2) is 23.5 Å². The molecule has 0 unspecified atom stereocenters. The quantitative estimate of drug-likeness (QED) is 0.881. The molecule has 0 bridgehead atoms. The van der Waals surface area contributed by atoms with Crippen LogP contribution in [0.1, 0.15) is 23.2 Å². The normalized spacial score (nSPS) is 16.1. The molecule has 0 aromatic heterocycles. The van der Waals surface area contributed by atoms with Crippen LogP contribution in [-0.2, 0) is 4.79 Å². The lowest BCUT2D eigenvalue weighted by Gasteiger charge is -2.11. The van der Waals surface area contributed by atoms with E-state index < -0.39 is 23.1 Å². The van der Waals surface area contributed by atoms with Crippen molar-refractivity contribution in [2.45, 2.75) is 12.8 Å². The Balaban J connectivity index is 2.04. The number of carboxylic acid groups (broad SMARTS) is 1. The molecule has 0 aliphatic heterocycles. The summed E-state index contributed by atoms with van der Waals surface area (Å²) in [6.07, 6.45) is 1.06. The number of hydrogen-bond donors (Lipinski definition) is 2. The number of nitrogens with one attached hydrogen (secondary N) is 1. The fraction of sp³-hybridized carbons (Fsp3) is 0.333. The molecule has 96 valence electrons. The second-order valence-corrected chi connectivity index (χ2v) is 4.83. The van der Waals surface area contributed by atoms with Crippen molar-refractivity contribution >= 4 is 23.5 Å². The summed E-state index contributed by atoms with van der Waals surface area (Å²) >= 11 is 5.67. The maximum Gasteiger partial charge on any atom is 0.311 e. The molecule has 1 amide bonds. The predicted molar refractivity (Wildman–Crippen MR) is 63.0 cm³/mol. The van der Waals surface area contributed by atoms with Gasteiger partial charge >= 0.3 is 5.97 Å². The zero-order valence-electron chi connectivity index (χ0n) is 9.37. The first-order chi connectivity index (χ1) is 8.44. The molecule has 1 aliphatic carbocycles. The summed E-state index contributed by atoms with van der Waals surface area (Å²) in [7, 11) is 0. The summed E-state index contributed by atoms with van der Waals surface area (Å²) in [6, 6.07) is 3.65. The summed E-state index contributed by atoms with van der Waals surface area (Å²) in [6.45, 7) is 0.00706. The summed E-state index contributed by atoms with van der Waals surface area (Å²) in [5.74, 6) is -2.27. The van der Waals surface area contributed by atoms with Crippen LogP contribution in [0.15, 0.2) is 18.2 Å². The van der Waals surface area contributed by atoms with Gasteiger partial charge in [-0.3, -0.25) is 9.59 Å². The van der Waals surface area contributed by atoms with Gasteiger partial charge in [0.1, 0.15) is 5.82 Å². The van der Waals surface area contributed by atoms with E-state index in [0.717, 1.165) is 6.07 Å². The molecule has 0 spiro atoms. The van der Waals surface area contributed by atoms with Crippen molar-refractivity contribution in [2.24, 2.45) is 5.41 Å². The van der Waals surface area contributed by atoms with Crippen LogP contribution in [0.2, 0.25) is 5.02 Å². The lowest BCUT2D eigenvalue weighted by Crippen LogP contribution is -2.34. The van der Waals surface area contributed by atoms with E-state index >= 15 is 0 Å². The molecule has 1 fully saturated rings. The highest BCUT2D eigenvalue weighted by Crippen LogP contribution is 2.45. The lowest BCUT2D eigenvalue weighted by molar-refractivity contribution is -0.143. The maximum atomic E-state index is 13.4. The molecule has 18 heavy (non-hydrogen) atoms. The summed E-state index contributed by atoms with van der Waals surface area (Å²) in [4.78, 5) is 22.6. The number of carbonyl (C=O) groups is 2. The number of benzene rings is 1. The molecule has 1 aromatic carbocycles. The van der Waals surface area contributed by atoms with Crippen molar-refractivity contribution in [1.29, 1.82) is 0 Å². The first-order valence-electron chi connectivity index (χ1n) is 5.41. The number of amides is 1. The highest BCUT2D eigenvalue weighted by Gasteiger charge is 2.50. The molecule has 0 atom stereocenters. The topological polar surface area (TPSA) is 66.4 Å². The Bertz CT molecular complexity index is 514. The van der Waals surface area contributed by atoms with Crippen LogP contribution < -0.4 is 5.32 Å². The molecule has 4 nitrogen and oxygen atoms in total. The lowest BCUT2D eigenvalue weighted by atomic mass is 10.1. The third-order valence-corrected chi connectivity index (χ3v) is 3.30. The highest BCUT2D eigenvalue weighted by atomic mass is 35.5. The zero-order valence-corrected chi connectivity index (χ0v) is 10.1. The largest absolute Gasteiger partial charge is 0.481 e. The Hall–Kier alpha value is -1.62. The Morgan fingerprint density at radius 2 is 2.11 bits per heavy atom. The first-order valence-corrected chi connectivity index (χ1v) is 5.79. The molecular formula is C12H11ClFNO3. The van der Waals surface area contributed by atoms with Gasteiger partial charge in [0.2, 0.25) is 0 Å². The van der Waals surface area contributed by atoms with Gasteiger partial charge in [-0.1, -0.05) is 11.6 Å². The molecule has 2 rings (SSSR count). The van der Waals surface area contributed by atoms with Crippen molar-refractivity contribution in [3.63, 3.8) is 0 Å². The fourth-order valence-electron chi connectivity index (χ4n) is 1.63. The van der Waals surface area contributed by atoms with Crippen LogP contribution in [0.25, 0.3) is 0 Å². The minimum absolute atomic E-state index is 0.00706. The first kappa shape index (κ1) is 12.8. The third-order valence-electron chi connectivity index (χ3n) is 3.07. The van der Waals surface area contributed by atoms with E-state index in [4.69, 9.17) is 16.7 Å². The van der Waals surface area contributed by atoms with Crippen molar-refractivity contribution in [1.82, 2.24) is 5.32 Å². The molecule has 1 saturated carbocycles. The standard InChI is InChI=1S/C12H11ClFNO3/c13-7-1-2-9(14)8(5-7)10(16)15-6-12(3-4-12)11(17)18/h1-2,5H,3-4,6H2,(H,15,16)(H,17,18). The van der Waals surface area contributed by atoms with Gasteiger partial charge in [-0.05, 0) is 31.0 Å². The minimum atomic E-state index is -0.936. The average molecular weight is 272 g/mol. The molecule has 1 aliphatic rings. The van der Waals surface area contributed by atoms with Gasteiger partial charge < -0.3 is 10.4 Å². The number of carboxylic acids is 1. The Morgan fingerprint density at radius 1 is 1.44 bits per heavy atom. The zero-order chi connectivity index (χ0) is 13.3. The van der Waals surface area contributed by atoms with E-state index in [1.54, 1.807) is 0 Å². The van der Waals surface area contributed by atoms with Crippen molar-refractivity contribution in [3.05, 3.63) is 34.6 Å². The Labute approximate surface area is 108 Å². The van der Waals surface area contributed by atoms with Crippen LogP contribution in [0, 0.1) is 11.2 Å². The van der Waals surface area contributed by atoms with Gasteiger partial charge in [-0.2, -0.15) is 0 Å². The molecular weight excluding hydrogens is 261 g/mol. The summed E-state index contributed by atoms with van der Waals surface area (Å²) in [5.41, 5.74) is -1.05. The third kappa shape index (κ3) is 2.46. The van der Waals surface area contributed by atoms with Gasteiger partial charge in [0.25, 0.3) is 5.91 Å². The molecule has 0 heterocycles. The van der Waals surface area contributed by atoms with Gasteiger partial charge in [-0.15, -0.1) is 0 Å². The van der Waals surface area contributed by atoms with E-state index in [1.807, 2.05) is 0 Å². The Kier molecular flexibility index (Phi) is 3.26. The van der Waals surface area contributed by atoms with Gasteiger partial charge in [0, 0.05) is 11.6 Å². The predicted octanol–water partition coefficient (Wildman–Crippen LogP) is 2.07. The van der Waals surface area contributed by atoms with E-state index in [1.165, 1.54) is 12.1 Å². The highest BCUT2D eigenvalue weighted by molar-refractivity contribution is 6.31. The average Bonchev–Trinajstić information content (AvgIpc) is 3.10. The second-order valence-electron chi connectivity index (χ2n) is 4.39. The Morgan fingerprint density at radius 3 is 2.67 bits per heavy atom. The number of carbonyl (C=O) groups excluding carboxylic acids is 1. The smallest absolute Gasteiger partial charge is 0.311 e. The maximum absolute atomic E-state index is 13.4. The molecule has 0 saturated heterocycles. The number of hydrogen-bond acceptors (Lipinski definition) is 2. The van der Waals surface area contributed by atoms with Crippen LogP contribution >= 0.6 is 11.6 Å². The SMILES string of the molecule is O=C(NCC1(C(=O)O)CC1)c1cc(Cl)ccc1F. The van der Waals surface area contributed by atoms with Crippen molar-refractivity contribution < 1.29 is 19.1 Å². The molecule has 1 aromatic rings. The van der Waals surface area contributed by atoms with E-state index in [9.17, 15) is 14.0 Å². The minimum Gasteiger partial charge on any atom is -0.481 e. The fourth-order valence-corrected chi connectivity index (χ4v) is 1.81. The molecule has 0 radical (unpaired) electrons. The van der Waals surface area contributed by atoms with E-state index in [-0.39, 0.29) is 17.1 Å². The number of rotatable bonds is 4. The second kappa shape index (κ2) is 4.57. The number of halogens is 2.